The maximum absolute atomic E-state index is 13.4. The van der Waals surface area contributed by atoms with E-state index in [0.717, 1.165) is 12.1 Å². The fraction of sp³-hybridized carbons (Fsp3) is 0.125. The molecule has 0 fully saturated rings. The first-order valence-corrected chi connectivity index (χ1v) is 10.1. The molecule has 0 aliphatic carbocycles. The van der Waals surface area contributed by atoms with Crippen molar-refractivity contribution in [3.05, 3.63) is 89.2 Å². The zero-order valence-corrected chi connectivity index (χ0v) is 19.1. The molecule has 3 N–H and O–H groups in total. The van der Waals surface area contributed by atoms with Crippen LogP contribution in [0.1, 0.15) is 32.1 Å². The van der Waals surface area contributed by atoms with Gasteiger partial charge < -0.3 is 20.4 Å². The zero-order chi connectivity index (χ0) is 24.3. The lowest BCUT2D eigenvalue weighted by atomic mass is 10.1. The molecule has 4 rings (SSSR count). The maximum Gasteiger partial charge on any atom is 0.417 e. The average molecular weight is 505 g/mol. The maximum atomic E-state index is 13.4. The van der Waals surface area contributed by atoms with Crippen molar-refractivity contribution in [2.24, 2.45) is 0 Å². The quantitative estimate of drug-likeness (QED) is 0.316. The van der Waals surface area contributed by atoms with E-state index in [0.29, 0.717) is 22.5 Å². The van der Waals surface area contributed by atoms with Gasteiger partial charge >= 0.3 is 6.18 Å². The molecule has 1 heterocycles. The Kier molecular flexibility index (Phi) is 7.78. The number of hydrogen-bond donors (Lipinski definition) is 3. The second-order valence-electron chi connectivity index (χ2n) is 7.35. The van der Waals surface area contributed by atoms with Gasteiger partial charge in [-0.25, -0.2) is 4.98 Å². The van der Waals surface area contributed by atoms with E-state index < -0.39 is 29.1 Å². The fourth-order valence-corrected chi connectivity index (χ4v) is 3.47. The molecule has 0 atom stereocenters. The van der Waals surface area contributed by atoms with E-state index >= 15 is 0 Å². The van der Waals surface area contributed by atoms with Gasteiger partial charge in [-0.3, -0.25) is 9.59 Å². The van der Waals surface area contributed by atoms with E-state index in [1.165, 1.54) is 31.4 Å². The molecule has 0 radical (unpaired) electrons. The predicted molar refractivity (Wildman–Crippen MR) is 128 cm³/mol. The van der Waals surface area contributed by atoms with Crippen LogP contribution in [0.3, 0.4) is 0 Å². The SMILES string of the molecule is COCc1nc2c(C(=O)Nc3ccccc3)cc(NC(=O)c3ccccc3C(F)(F)F)cc2[nH]1.Cl. The van der Waals surface area contributed by atoms with Crippen molar-refractivity contribution < 1.29 is 27.5 Å². The number of imidazole rings is 1. The van der Waals surface area contributed by atoms with Gasteiger partial charge in [-0.2, -0.15) is 13.2 Å². The number of halogens is 4. The molecule has 7 nitrogen and oxygen atoms in total. The molecule has 1 aromatic heterocycles. The molecule has 0 bridgehead atoms. The first-order valence-electron chi connectivity index (χ1n) is 10.1. The molecule has 0 saturated heterocycles. The summed E-state index contributed by atoms with van der Waals surface area (Å²) >= 11 is 0. The largest absolute Gasteiger partial charge is 0.417 e. The van der Waals surface area contributed by atoms with Crippen molar-refractivity contribution in [3.63, 3.8) is 0 Å². The molecule has 0 aliphatic rings. The number of hydrogen-bond acceptors (Lipinski definition) is 4. The first kappa shape index (κ1) is 25.7. The number of methoxy groups -OCH3 is 1. The predicted octanol–water partition coefficient (Wildman–Crippen LogP) is 5.65. The lowest BCUT2D eigenvalue weighted by molar-refractivity contribution is -0.137. The molecule has 182 valence electrons. The van der Waals surface area contributed by atoms with Gasteiger partial charge in [0.25, 0.3) is 11.8 Å². The van der Waals surface area contributed by atoms with Crippen molar-refractivity contribution in [1.29, 1.82) is 0 Å². The summed E-state index contributed by atoms with van der Waals surface area (Å²) < 4.78 is 45.1. The first-order chi connectivity index (χ1) is 16.3. The van der Waals surface area contributed by atoms with Gasteiger partial charge in [0.05, 0.1) is 22.2 Å². The van der Waals surface area contributed by atoms with Gasteiger partial charge in [0.2, 0.25) is 0 Å². The highest BCUT2D eigenvalue weighted by Crippen LogP contribution is 2.32. The van der Waals surface area contributed by atoms with Crippen molar-refractivity contribution in [2.75, 3.05) is 17.7 Å². The van der Waals surface area contributed by atoms with Gasteiger partial charge in [0.1, 0.15) is 17.9 Å². The highest BCUT2D eigenvalue weighted by molar-refractivity contribution is 6.14. The average Bonchev–Trinajstić information content (AvgIpc) is 3.21. The summed E-state index contributed by atoms with van der Waals surface area (Å²) in [5.41, 5.74) is -0.0579. The summed E-state index contributed by atoms with van der Waals surface area (Å²) in [5.74, 6) is -1.02. The number of aromatic nitrogens is 2. The number of nitrogens with one attached hydrogen (secondary N) is 3. The standard InChI is InChI=1S/C24H19F3N4O3.ClH/c1-34-13-20-30-19-12-15(29-22(32)16-9-5-6-10-18(16)24(25,26)27)11-17(21(19)31-20)23(33)28-14-7-3-2-4-8-14;/h2-12H,13H2,1H3,(H,28,33)(H,29,32)(H,30,31);1H. The van der Waals surface area contributed by atoms with Gasteiger partial charge in [0, 0.05) is 18.5 Å². The number of benzene rings is 3. The highest BCUT2D eigenvalue weighted by Gasteiger charge is 2.35. The molecule has 0 unspecified atom stereocenters. The van der Waals surface area contributed by atoms with Crippen LogP contribution in [0.15, 0.2) is 66.7 Å². The third-order valence-corrected chi connectivity index (χ3v) is 4.93. The van der Waals surface area contributed by atoms with Crippen LogP contribution >= 0.6 is 12.4 Å². The molecular formula is C24H20ClF3N4O3. The highest BCUT2D eigenvalue weighted by atomic mass is 35.5. The summed E-state index contributed by atoms with van der Waals surface area (Å²) in [6.07, 6.45) is -4.70. The summed E-state index contributed by atoms with van der Waals surface area (Å²) in [6.45, 7) is 0.148. The van der Waals surface area contributed by atoms with Gasteiger partial charge in [-0.15, -0.1) is 12.4 Å². The van der Waals surface area contributed by atoms with E-state index in [1.54, 1.807) is 30.3 Å². The number of anilines is 2. The lowest BCUT2D eigenvalue weighted by Crippen LogP contribution is -2.19. The Hall–Kier alpha value is -3.89. The molecule has 0 spiro atoms. The number of alkyl halides is 3. The molecule has 3 aromatic carbocycles. The molecule has 35 heavy (non-hydrogen) atoms. The molecule has 0 saturated carbocycles. The Morgan fingerprint density at radius 1 is 0.914 bits per heavy atom. The van der Waals surface area contributed by atoms with Crippen LogP contribution in [0.25, 0.3) is 11.0 Å². The minimum absolute atomic E-state index is 0. The number of ether oxygens (including phenoxy) is 1. The summed E-state index contributed by atoms with van der Waals surface area (Å²) in [5, 5.41) is 5.21. The van der Waals surface area contributed by atoms with Gasteiger partial charge in [0.15, 0.2) is 0 Å². The van der Waals surface area contributed by atoms with E-state index in [4.69, 9.17) is 4.74 Å². The summed E-state index contributed by atoms with van der Waals surface area (Å²) in [4.78, 5) is 33.2. The lowest BCUT2D eigenvalue weighted by Gasteiger charge is -2.13. The zero-order valence-electron chi connectivity index (χ0n) is 18.3. The Morgan fingerprint density at radius 3 is 2.23 bits per heavy atom. The number of amides is 2. The second-order valence-corrected chi connectivity index (χ2v) is 7.35. The normalized spacial score (nSPS) is 11.1. The Morgan fingerprint density at radius 2 is 1.54 bits per heavy atom. The molecule has 0 aliphatic heterocycles. The Labute approximate surface area is 204 Å². The van der Waals surface area contributed by atoms with E-state index in [-0.39, 0.29) is 30.3 Å². The monoisotopic (exact) mass is 504 g/mol. The van der Waals surface area contributed by atoms with E-state index in [1.807, 2.05) is 0 Å². The van der Waals surface area contributed by atoms with E-state index in [2.05, 4.69) is 20.6 Å². The number of H-pyrrole nitrogens is 1. The minimum atomic E-state index is -4.70. The van der Waals surface area contributed by atoms with Gasteiger partial charge in [-0.1, -0.05) is 30.3 Å². The van der Waals surface area contributed by atoms with Crippen molar-refractivity contribution in [2.45, 2.75) is 12.8 Å². The van der Waals surface area contributed by atoms with E-state index in [9.17, 15) is 22.8 Å². The third kappa shape index (κ3) is 5.79. The summed E-state index contributed by atoms with van der Waals surface area (Å²) in [6, 6.07) is 16.1. The van der Waals surface area contributed by atoms with Crippen LogP contribution < -0.4 is 10.6 Å². The van der Waals surface area contributed by atoms with Crippen LogP contribution in [-0.4, -0.2) is 28.9 Å². The fourth-order valence-electron chi connectivity index (χ4n) is 3.47. The van der Waals surface area contributed by atoms with Crippen molar-refractivity contribution >= 4 is 46.6 Å². The van der Waals surface area contributed by atoms with Crippen LogP contribution in [0, 0.1) is 0 Å². The van der Waals surface area contributed by atoms with Crippen LogP contribution in [0.5, 0.6) is 0 Å². The second kappa shape index (κ2) is 10.6. The van der Waals surface area contributed by atoms with Crippen LogP contribution in [0.2, 0.25) is 0 Å². The molecule has 11 heteroatoms. The Balaban J connectivity index is 0.00000342. The van der Waals surface area contributed by atoms with Crippen molar-refractivity contribution in [1.82, 2.24) is 9.97 Å². The molecule has 4 aromatic rings. The number of rotatable bonds is 6. The minimum Gasteiger partial charge on any atom is -0.377 e. The number of carbonyl (C=O) groups is 2. The topological polar surface area (TPSA) is 96.1 Å². The number of para-hydroxylation sites is 1. The number of aromatic amines is 1. The number of carbonyl (C=O) groups excluding carboxylic acids is 2. The molecule has 2 amide bonds. The number of fused-ring (bicyclic) bond motifs is 1. The van der Waals surface area contributed by atoms with Crippen molar-refractivity contribution in [3.8, 4) is 0 Å². The van der Waals surface area contributed by atoms with Gasteiger partial charge in [-0.05, 0) is 36.4 Å². The third-order valence-electron chi connectivity index (χ3n) is 4.93. The smallest absolute Gasteiger partial charge is 0.377 e. The van der Waals surface area contributed by atoms with Crippen LogP contribution in [-0.2, 0) is 17.5 Å². The number of nitrogens with zero attached hydrogens (tertiary/aromatic N) is 1. The summed E-state index contributed by atoms with van der Waals surface area (Å²) in [7, 11) is 1.49. The Bertz CT molecular complexity index is 1360. The molecular weight excluding hydrogens is 485 g/mol. The van der Waals surface area contributed by atoms with Crippen LogP contribution in [0.4, 0.5) is 24.5 Å².